The summed E-state index contributed by atoms with van der Waals surface area (Å²) in [6.45, 7) is 3.72. The summed E-state index contributed by atoms with van der Waals surface area (Å²) in [5.74, 6) is 0.593. The topological polar surface area (TPSA) is 84.0 Å². The van der Waals surface area contributed by atoms with Crippen LogP contribution in [0.5, 0.6) is 0 Å². The van der Waals surface area contributed by atoms with Gasteiger partial charge in [0, 0.05) is 18.4 Å². The number of halogens is 1. The first-order valence-corrected chi connectivity index (χ1v) is 6.52. The van der Waals surface area contributed by atoms with Gasteiger partial charge in [0.05, 0.1) is 0 Å². The van der Waals surface area contributed by atoms with E-state index in [9.17, 15) is 9.59 Å². The Morgan fingerprint density at radius 2 is 2.16 bits per heavy atom. The minimum atomic E-state index is -0.466. The molecule has 7 heteroatoms. The first-order chi connectivity index (χ1) is 9.01. The van der Waals surface area contributed by atoms with Crippen LogP contribution < -0.4 is 10.6 Å². The van der Waals surface area contributed by atoms with Crippen molar-refractivity contribution in [1.29, 1.82) is 0 Å². The number of nitrogens with one attached hydrogen (secondary N) is 2. The maximum Gasteiger partial charge on any atom is 0.249 e. The maximum atomic E-state index is 11.7. The molecule has 102 valence electrons. The lowest BCUT2D eigenvalue weighted by Gasteiger charge is -2.23. The van der Waals surface area contributed by atoms with Gasteiger partial charge in [0.25, 0.3) is 0 Å². The summed E-state index contributed by atoms with van der Waals surface area (Å²) < 4.78 is 0. The molecule has 0 saturated carbocycles. The zero-order valence-electron chi connectivity index (χ0n) is 10.8. The molecule has 1 aliphatic rings. The molecule has 1 atom stereocenters. The van der Waals surface area contributed by atoms with E-state index in [-0.39, 0.29) is 11.8 Å². The van der Waals surface area contributed by atoms with Crippen LogP contribution >= 0.6 is 11.6 Å². The molecule has 1 aromatic heterocycles. The molecular weight excluding hydrogens is 268 g/mol. The van der Waals surface area contributed by atoms with Gasteiger partial charge < -0.3 is 5.32 Å². The third-order valence-electron chi connectivity index (χ3n) is 3.00. The Balaban J connectivity index is 2.21. The van der Waals surface area contributed by atoms with E-state index in [0.717, 1.165) is 0 Å². The highest BCUT2D eigenvalue weighted by Crippen LogP contribution is 2.22. The Morgan fingerprint density at radius 3 is 2.79 bits per heavy atom. The average molecular weight is 283 g/mol. The van der Waals surface area contributed by atoms with Gasteiger partial charge in [0.15, 0.2) is 0 Å². The van der Waals surface area contributed by atoms with Gasteiger partial charge in [0.2, 0.25) is 11.8 Å². The van der Waals surface area contributed by atoms with Crippen molar-refractivity contribution in [2.24, 2.45) is 0 Å². The molecule has 1 aliphatic heterocycles. The van der Waals surface area contributed by atoms with E-state index in [1.807, 2.05) is 6.92 Å². The van der Waals surface area contributed by atoms with Gasteiger partial charge in [-0.3, -0.25) is 14.9 Å². The SMILES string of the molecule is CCc1nc(Cl)c(C)c(NC2CCC(=O)NC2=O)n1. The van der Waals surface area contributed by atoms with Crippen molar-refractivity contribution in [1.82, 2.24) is 15.3 Å². The average Bonchev–Trinajstić information content (AvgIpc) is 2.37. The fourth-order valence-electron chi connectivity index (χ4n) is 1.83. The second-order valence-corrected chi connectivity index (χ2v) is 4.76. The van der Waals surface area contributed by atoms with Crippen LogP contribution in [-0.4, -0.2) is 27.8 Å². The number of carbonyl (C=O) groups excluding carboxylic acids is 2. The predicted molar refractivity (Wildman–Crippen MR) is 71.0 cm³/mol. The molecular formula is C12H15ClN4O2. The minimum Gasteiger partial charge on any atom is -0.358 e. The smallest absolute Gasteiger partial charge is 0.249 e. The van der Waals surface area contributed by atoms with Crippen LogP contribution in [0.25, 0.3) is 0 Å². The summed E-state index contributed by atoms with van der Waals surface area (Å²) >= 11 is 6.03. The summed E-state index contributed by atoms with van der Waals surface area (Å²) in [6, 6.07) is -0.466. The summed E-state index contributed by atoms with van der Waals surface area (Å²) in [5, 5.41) is 5.71. The lowest BCUT2D eigenvalue weighted by atomic mass is 10.1. The summed E-state index contributed by atoms with van der Waals surface area (Å²) in [5.41, 5.74) is 0.698. The number of rotatable bonds is 3. The van der Waals surface area contributed by atoms with Crippen molar-refractivity contribution in [3.8, 4) is 0 Å². The van der Waals surface area contributed by atoms with E-state index in [1.165, 1.54) is 0 Å². The summed E-state index contributed by atoms with van der Waals surface area (Å²) in [7, 11) is 0. The molecule has 6 nitrogen and oxygen atoms in total. The molecule has 0 bridgehead atoms. The molecule has 0 aromatic carbocycles. The number of amides is 2. The van der Waals surface area contributed by atoms with Crippen LogP contribution in [0.1, 0.15) is 31.2 Å². The summed E-state index contributed by atoms with van der Waals surface area (Å²) in [4.78, 5) is 31.2. The fourth-order valence-corrected chi connectivity index (χ4v) is 2.01. The van der Waals surface area contributed by atoms with Gasteiger partial charge >= 0.3 is 0 Å². The van der Waals surface area contributed by atoms with E-state index >= 15 is 0 Å². The Labute approximate surface area is 116 Å². The standard InChI is InChI=1S/C12H15ClN4O2/c1-3-8-15-10(13)6(2)11(16-8)14-7-4-5-9(18)17-12(7)19/h7H,3-5H2,1-2H3,(H,14,15,16)(H,17,18,19). The van der Waals surface area contributed by atoms with Crippen molar-refractivity contribution < 1.29 is 9.59 Å². The van der Waals surface area contributed by atoms with Gasteiger partial charge in [-0.15, -0.1) is 0 Å². The number of imide groups is 1. The number of nitrogens with zero attached hydrogens (tertiary/aromatic N) is 2. The Kier molecular flexibility index (Phi) is 3.99. The number of aryl methyl sites for hydroxylation is 1. The highest BCUT2D eigenvalue weighted by atomic mass is 35.5. The molecule has 1 saturated heterocycles. The summed E-state index contributed by atoms with van der Waals surface area (Å²) in [6.07, 6.45) is 1.43. The third-order valence-corrected chi connectivity index (χ3v) is 3.37. The van der Waals surface area contributed by atoms with E-state index in [2.05, 4.69) is 20.6 Å². The zero-order chi connectivity index (χ0) is 14.0. The molecule has 2 rings (SSSR count). The lowest BCUT2D eigenvalue weighted by molar-refractivity contribution is -0.133. The van der Waals surface area contributed by atoms with Crippen molar-refractivity contribution in [2.45, 2.75) is 39.2 Å². The van der Waals surface area contributed by atoms with Gasteiger partial charge in [-0.25, -0.2) is 9.97 Å². The number of anilines is 1. The maximum absolute atomic E-state index is 11.7. The van der Waals surface area contributed by atoms with Crippen LogP contribution in [0.4, 0.5) is 5.82 Å². The number of hydrogen-bond acceptors (Lipinski definition) is 5. The predicted octanol–water partition coefficient (Wildman–Crippen LogP) is 1.22. The first kappa shape index (κ1) is 13.7. The molecule has 2 amide bonds. The van der Waals surface area contributed by atoms with Crippen LogP contribution in [0.2, 0.25) is 5.15 Å². The largest absolute Gasteiger partial charge is 0.358 e. The van der Waals surface area contributed by atoms with Gasteiger partial charge in [0.1, 0.15) is 22.8 Å². The normalized spacial score (nSPS) is 19.2. The monoisotopic (exact) mass is 282 g/mol. The quantitative estimate of drug-likeness (QED) is 0.643. The van der Waals surface area contributed by atoms with E-state index in [0.29, 0.717) is 41.6 Å². The zero-order valence-corrected chi connectivity index (χ0v) is 11.5. The molecule has 0 spiro atoms. The Bertz CT molecular complexity index is 533. The third kappa shape index (κ3) is 3.01. The molecule has 1 fully saturated rings. The molecule has 2 N–H and O–H groups in total. The van der Waals surface area contributed by atoms with Crippen molar-refractivity contribution in [3.63, 3.8) is 0 Å². The molecule has 19 heavy (non-hydrogen) atoms. The first-order valence-electron chi connectivity index (χ1n) is 6.14. The molecule has 0 radical (unpaired) electrons. The molecule has 2 heterocycles. The minimum absolute atomic E-state index is 0.241. The van der Waals surface area contributed by atoms with E-state index < -0.39 is 6.04 Å². The van der Waals surface area contributed by atoms with Crippen molar-refractivity contribution in [3.05, 3.63) is 16.5 Å². The highest BCUT2D eigenvalue weighted by Gasteiger charge is 2.27. The van der Waals surface area contributed by atoms with E-state index in [4.69, 9.17) is 11.6 Å². The van der Waals surface area contributed by atoms with Crippen LogP contribution in [0.3, 0.4) is 0 Å². The number of hydrogen-bond donors (Lipinski definition) is 2. The second kappa shape index (κ2) is 5.52. The number of carbonyl (C=O) groups is 2. The Hall–Kier alpha value is -1.69. The Morgan fingerprint density at radius 1 is 1.42 bits per heavy atom. The van der Waals surface area contributed by atoms with E-state index in [1.54, 1.807) is 6.92 Å². The van der Waals surface area contributed by atoms with Crippen LogP contribution in [0, 0.1) is 6.92 Å². The van der Waals surface area contributed by atoms with Gasteiger partial charge in [-0.2, -0.15) is 0 Å². The van der Waals surface area contributed by atoms with Crippen molar-refractivity contribution in [2.75, 3.05) is 5.32 Å². The lowest BCUT2D eigenvalue weighted by Crippen LogP contribution is -2.47. The number of piperidine rings is 1. The highest BCUT2D eigenvalue weighted by molar-refractivity contribution is 6.30. The number of aromatic nitrogens is 2. The van der Waals surface area contributed by atoms with Gasteiger partial charge in [-0.05, 0) is 13.3 Å². The molecule has 1 aromatic rings. The van der Waals surface area contributed by atoms with Crippen LogP contribution in [-0.2, 0) is 16.0 Å². The second-order valence-electron chi connectivity index (χ2n) is 4.41. The molecule has 0 aliphatic carbocycles. The molecule has 1 unspecified atom stereocenters. The fraction of sp³-hybridized carbons (Fsp3) is 0.500. The van der Waals surface area contributed by atoms with Gasteiger partial charge in [-0.1, -0.05) is 18.5 Å². The van der Waals surface area contributed by atoms with Crippen LogP contribution in [0.15, 0.2) is 0 Å². The van der Waals surface area contributed by atoms with Crippen molar-refractivity contribution >= 4 is 29.2 Å².